The van der Waals surface area contributed by atoms with E-state index < -0.39 is 11.6 Å². The van der Waals surface area contributed by atoms with E-state index in [0.717, 1.165) is 17.1 Å². The van der Waals surface area contributed by atoms with E-state index in [-0.39, 0.29) is 0 Å². The van der Waals surface area contributed by atoms with Crippen molar-refractivity contribution in [3.05, 3.63) is 59.7 Å². The molecule has 0 saturated heterocycles. The first kappa shape index (κ1) is 11.6. The number of aromatic amines is 1. The maximum absolute atomic E-state index is 13.0. The average Bonchev–Trinajstić information content (AvgIpc) is 2.83. The van der Waals surface area contributed by atoms with Gasteiger partial charge in [0.05, 0.1) is 11.0 Å². The van der Waals surface area contributed by atoms with Gasteiger partial charge in [0.1, 0.15) is 0 Å². The molecule has 3 nitrogen and oxygen atoms in total. The minimum Gasteiger partial charge on any atom is -0.352 e. The zero-order valence-corrected chi connectivity index (χ0v) is 9.95. The molecule has 2 N–H and O–H groups in total. The number of nitrogens with zero attached hydrogens (tertiary/aromatic N) is 1. The third-order valence-corrected chi connectivity index (χ3v) is 2.83. The second kappa shape index (κ2) is 4.68. The Morgan fingerprint density at radius 2 is 1.89 bits per heavy atom. The zero-order valence-electron chi connectivity index (χ0n) is 9.95. The first-order valence-corrected chi connectivity index (χ1v) is 5.85. The lowest BCUT2D eigenvalue weighted by molar-refractivity contribution is 0.507. The topological polar surface area (TPSA) is 40.7 Å². The quantitative estimate of drug-likeness (QED) is 0.756. The van der Waals surface area contributed by atoms with Gasteiger partial charge in [-0.1, -0.05) is 18.2 Å². The molecule has 3 aromatic rings. The number of nitrogens with one attached hydrogen (secondary N) is 2. The SMILES string of the molecule is Fc1ccc(CNc2nc3ccccc3[nH]2)cc1F. The van der Waals surface area contributed by atoms with E-state index in [4.69, 9.17) is 0 Å². The molecule has 0 radical (unpaired) electrons. The van der Waals surface area contributed by atoms with Gasteiger partial charge in [0.2, 0.25) is 5.95 Å². The van der Waals surface area contributed by atoms with Crippen LogP contribution in [0.15, 0.2) is 42.5 Å². The summed E-state index contributed by atoms with van der Waals surface area (Å²) >= 11 is 0. The molecule has 0 atom stereocenters. The van der Waals surface area contributed by atoms with E-state index in [9.17, 15) is 8.78 Å². The largest absolute Gasteiger partial charge is 0.352 e. The Morgan fingerprint density at radius 1 is 1.05 bits per heavy atom. The smallest absolute Gasteiger partial charge is 0.201 e. The van der Waals surface area contributed by atoms with E-state index >= 15 is 0 Å². The lowest BCUT2D eigenvalue weighted by Gasteiger charge is -2.03. The number of anilines is 1. The van der Waals surface area contributed by atoms with Crippen LogP contribution in [0, 0.1) is 11.6 Å². The molecule has 5 heteroatoms. The van der Waals surface area contributed by atoms with Crippen molar-refractivity contribution in [3.63, 3.8) is 0 Å². The molecule has 0 spiro atoms. The number of rotatable bonds is 3. The Morgan fingerprint density at radius 3 is 2.68 bits per heavy atom. The van der Waals surface area contributed by atoms with E-state index in [1.165, 1.54) is 12.1 Å². The van der Waals surface area contributed by atoms with Gasteiger partial charge in [0, 0.05) is 6.54 Å². The molecule has 96 valence electrons. The molecule has 19 heavy (non-hydrogen) atoms. The molecule has 0 aliphatic rings. The lowest BCUT2D eigenvalue weighted by Crippen LogP contribution is -2.01. The molecule has 0 bridgehead atoms. The Balaban J connectivity index is 1.76. The standard InChI is InChI=1S/C14H11F2N3/c15-10-6-5-9(7-11(10)16)8-17-14-18-12-3-1-2-4-13(12)19-14/h1-7H,8H2,(H2,17,18,19). The highest BCUT2D eigenvalue weighted by molar-refractivity contribution is 5.77. The second-order valence-electron chi connectivity index (χ2n) is 4.20. The predicted molar refractivity (Wildman–Crippen MR) is 69.8 cm³/mol. The number of aromatic nitrogens is 2. The van der Waals surface area contributed by atoms with Gasteiger partial charge in [-0.15, -0.1) is 0 Å². The summed E-state index contributed by atoms with van der Waals surface area (Å²) in [6, 6.07) is 11.5. The molecule has 0 aliphatic carbocycles. The van der Waals surface area contributed by atoms with Crippen molar-refractivity contribution < 1.29 is 8.78 Å². The van der Waals surface area contributed by atoms with E-state index in [1.54, 1.807) is 0 Å². The van der Waals surface area contributed by atoms with Crippen LogP contribution in [0.25, 0.3) is 11.0 Å². The summed E-state index contributed by atoms with van der Waals surface area (Å²) in [5.74, 6) is -1.08. The Kier molecular flexibility index (Phi) is 2.87. The summed E-state index contributed by atoms with van der Waals surface area (Å²) in [6.45, 7) is 0.372. The fourth-order valence-corrected chi connectivity index (χ4v) is 1.87. The Labute approximate surface area is 108 Å². The van der Waals surface area contributed by atoms with Gasteiger partial charge in [-0.05, 0) is 29.8 Å². The van der Waals surface area contributed by atoms with Gasteiger partial charge in [-0.2, -0.15) is 0 Å². The monoisotopic (exact) mass is 259 g/mol. The number of para-hydroxylation sites is 2. The molecule has 0 fully saturated rings. The maximum Gasteiger partial charge on any atom is 0.201 e. The first-order chi connectivity index (χ1) is 9.22. The van der Waals surface area contributed by atoms with Gasteiger partial charge in [0.15, 0.2) is 11.6 Å². The highest BCUT2D eigenvalue weighted by Crippen LogP contribution is 2.15. The number of fused-ring (bicyclic) bond motifs is 1. The fourth-order valence-electron chi connectivity index (χ4n) is 1.87. The number of hydrogen-bond acceptors (Lipinski definition) is 2. The van der Waals surface area contributed by atoms with Gasteiger partial charge >= 0.3 is 0 Å². The number of benzene rings is 2. The number of imidazole rings is 1. The second-order valence-corrected chi connectivity index (χ2v) is 4.20. The number of H-pyrrole nitrogens is 1. The van der Waals surface area contributed by atoms with Crippen molar-refractivity contribution in [3.8, 4) is 0 Å². The van der Waals surface area contributed by atoms with E-state index in [1.807, 2.05) is 24.3 Å². The van der Waals surface area contributed by atoms with Crippen LogP contribution in [0.5, 0.6) is 0 Å². The van der Waals surface area contributed by atoms with Gasteiger partial charge in [0.25, 0.3) is 0 Å². The van der Waals surface area contributed by atoms with Crippen LogP contribution in [0.1, 0.15) is 5.56 Å². The van der Waals surface area contributed by atoms with Crippen LogP contribution in [-0.2, 0) is 6.54 Å². The van der Waals surface area contributed by atoms with Crippen LogP contribution < -0.4 is 5.32 Å². The number of halogens is 2. The zero-order chi connectivity index (χ0) is 13.2. The first-order valence-electron chi connectivity index (χ1n) is 5.85. The summed E-state index contributed by atoms with van der Waals surface area (Å²) < 4.78 is 25.8. The van der Waals surface area contributed by atoms with Crippen molar-refractivity contribution in [2.45, 2.75) is 6.54 Å². The predicted octanol–water partition coefficient (Wildman–Crippen LogP) is 3.45. The molecular formula is C14H11F2N3. The third-order valence-electron chi connectivity index (χ3n) is 2.83. The van der Waals surface area contributed by atoms with Crippen molar-refractivity contribution >= 4 is 17.0 Å². The summed E-state index contributed by atoms with van der Waals surface area (Å²) in [5.41, 5.74) is 2.44. The average molecular weight is 259 g/mol. The Bertz CT molecular complexity index is 689. The minimum absolute atomic E-state index is 0.372. The van der Waals surface area contributed by atoms with Crippen molar-refractivity contribution in [2.75, 3.05) is 5.32 Å². The number of hydrogen-bond donors (Lipinski definition) is 2. The van der Waals surface area contributed by atoms with Gasteiger partial charge in [-0.25, -0.2) is 13.8 Å². The third kappa shape index (κ3) is 2.40. The highest BCUT2D eigenvalue weighted by Gasteiger charge is 2.04. The highest BCUT2D eigenvalue weighted by atomic mass is 19.2. The summed E-state index contributed by atoms with van der Waals surface area (Å²) in [6.07, 6.45) is 0. The summed E-state index contributed by atoms with van der Waals surface area (Å²) in [7, 11) is 0. The molecule has 0 saturated carbocycles. The van der Waals surface area contributed by atoms with Crippen LogP contribution in [0.3, 0.4) is 0 Å². The summed E-state index contributed by atoms with van der Waals surface area (Å²) in [5, 5.41) is 3.04. The molecule has 3 rings (SSSR count). The van der Waals surface area contributed by atoms with Crippen LogP contribution in [0.2, 0.25) is 0 Å². The van der Waals surface area contributed by atoms with Gasteiger partial charge < -0.3 is 10.3 Å². The minimum atomic E-state index is -0.844. The Hall–Kier alpha value is -2.43. The van der Waals surface area contributed by atoms with Crippen molar-refractivity contribution in [2.24, 2.45) is 0 Å². The molecular weight excluding hydrogens is 248 g/mol. The lowest BCUT2D eigenvalue weighted by atomic mass is 10.2. The maximum atomic E-state index is 13.0. The molecule has 1 heterocycles. The summed E-state index contributed by atoms with van der Waals surface area (Å²) in [4.78, 5) is 7.44. The van der Waals surface area contributed by atoms with E-state index in [2.05, 4.69) is 15.3 Å². The van der Waals surface area contributed by atoms with Crippen molar-refractivity contribution in [1.29, 1.82) is 0 Å². The molecule has 0 unspecified atom stereocenters. The molecule has 2 aromatic carbocycles. The van der Waals surface area contributed by atoms with Crippen LogP contribution in [-0.4, -0.2) is 9.97 Å². The molecule has 0 amide bonds. The molecule has 0 aliphatic heterocycles. The molecule has 1 aromatic heterocycles. The van der Waals surface area contributed by atoms with Crippen LogP contribution in [0.4, 0.5) is 14.7 Å². The van der Waals surface area contributed by atoms with E-state index in [0.29, 0.717) is 18.1 Å². The normalized spacial score (nSPS) is 10.8. The van der Waals surface area contributed by atoms with Gasteiger partial charge in [-0.3, -0.25) is 0 Å². The van der Waals surface area contributed by atoms with Crippen LogP contribution >= 0.6 is 0 Å². The van der Waals surface area contributed by atoms with Crippen molar-refractivity contribution in [1.82, 2.24) is 9.97 Å². The fraction of sp³-hybridized carbons (Fsp3) is 0.0714.